The second-order valence-corrected chi connectivity index (χ2v) is 10.0. The lowest BCUT2D eigenvalue weighted by Crippen LogP contribution is -2.58. The van der Waals surface area contributed by atoms with Crippen LogP contribution in [0.1, 0.15) is 40.5 Å². The summed E-state index contributed by atoms with van der Waals surface area (Å²) < 4.78 is 0. The molecule has 0 aromatic carbocycles. The van der Waals surface area contributed by atoms with Gasteiger partial charge in [0.25, 0.3) is 0 Å². The predicted octanol–water partition coefficient (Wildman–Crippen LogP) is -6.82. The van der Waals surface area contributed by atoms with E-state index in [0.29, 0.717) is 0 Å². The van der Waals surface area contributed by atoms with Crippen molar-refractivity contribution in [1.82, 2.24) is 37.2 Å². The highest BCUT2D eigenvalue weighted by molar-refractivity contribution is 5.96. The predicted molar refractivity (Wildman–Crippen MR) is 161 cm³/mol. The molecule has 0 saturated carbocycles. The molecule has 7 amide bonds. The van der Waals surface area contributed by atoms with Gasteiger partial charge in [0.1, 0.15) is 42.8 Å². The van der Waals surface area contributed by atoms with E-state index in [-0.39, 0.29) is 31.9 Å². The largest absolute Gasteiger partial charge is 0.480 e. The molecule has 0 unspecified atom stereocenters. The van der Waals surface area contributed by atoms with Crippen LogP contribution in [0.25, 0.3) is 0 Å². The van der Waals surface area contributed by atoms with E-state index < -0.39 is 96.7 Å². The van der Waals surface area contributed by atoms with Crippen molar-refractivity contribution in [2.24, 2.45) is 22.2 Å². The fourth-order valence-electron chi connectivity index (χ4n) is 3.40. The van der Waals surface area contributed by atoms with E-state index in [0.717, 1.165) is 0 Å². The van der Waals surface area contributed by atoms with Crippen LogP contribution >= 0.6 is 0 Å². The van der Waals surface area contributed by atoms with Crippen LogP contribution in [0.5, 0.6) is 0 Å². The SMILES string of the molecule is C[C@H](NC(=O)CN)C(=O)N[C@@H](C)C(=O)N[C@@H](C)C(=O)N[C@@H](C)C(=O)N[C@@H](CCCN=C(N)N)C(=O)N[C@@H](CO)C(=O)NCC(=O)O. The summed E-state index contributed by atoms with van der Waals surface area (Å²) in [5, 5.41) is 34.4. The average molecular weight is 660 g/mol. The van der Waals surface area contributed by atoms with Crippen LogP contribution < -0.4 is 54.4 Å². The summed E-state index contributed by atoms with van der Waals surface area (Å²) in [6.07, 6.45) is 0.135. The number of aliphatic hydroxyl groups excluding tert-OH is 1. The van der Waals surface area contributed by atoms with E-state index in [1.165, 1.54) is 27.7 Å². The zero-order valence-electron chi connectivity index (χ0n) is 26.0. The van der Waals surface area contributed by atoms with Crippen LogP contribution in [0.2, 0.25) is 0 Å². The summed E-state index contributed by atoms with van der Waals surface area (Å²) >= 11 is 0. The highest BCUT2D eigenvalue weighted by Crippen LogP contribution is 2.02. The van der Waals surface area contributed by atoms with Crippen LogP contribution in [-0.4, -0.2) is 126 Å². The van der Waals surface area contributed by atoms with Gasteiger partial charge in [-0.3, -0.25) is 43.3 Å². The molecule has 260 valence electrons. The average Bonchev–Trinajstić information content (AvgIpc) is 2.98. The van der Waals surface area contributed by atoms with Gasteiger partial charge in [-0.15, -0.1) is 0 Å². The minimum Gasteiger partial charge on any atom is -0.480 e. The van der Waals surface area contributed by atoms with Crippen LogP contribution in [0.3, 0.4) is 0 Å². The maximum atomic E-state index is 12.9. The smallest absolute Gasteiger partial charge is 0.322 e. The summed E-state index contributed by atoms with van der Waals surface area (Å²) in [7, 11) is 0. The van der Waals surface area contributed by atoms with E-state index in [2.05, 4.69) is 36.9 Å². The summed E-state index contributed by atoms with van der Waals surface area (Å²) in [5.74, 6) is -7.06. The third-order valence-electron chi connectivity index (χ3n) is 6.02. The van der Waals surface area contributed by atoms with Crippen LogP contribution in [0.15, 0.2) is 4.99 Å². The standard InChI is InChI=1S/C25H45N11O10/c1-11(31-17(38)8-26)19(41)32-12(2)20(42)33-13(3)21(43)34-14(4)22(44)35-15(6-5-7-29-25(27)28)24(46)36-16(10-37)23(45)30-9-18(39)40/h11-16,37H,5-10,26H2,1-4H3,(H,30,45)(H,31,38)(H,32,41)(H,33,42)(H,34,43)(H,35,44)(H,36,46)(H,39,40)(H4,27,28,29)/t11-,12-,13-,14-,15-,16-/m0/s1. The first-order valence-electron chi connectivity index (χ1n) is 14.1. The molecule has 6 atom stereocenters. The molecule has 0 bridgehead atoms. The molecule has 21 heteroatoms. The number of aliphatic hydroxyl groups is 1. The van der Waals surface area contributed by atoms with Gasteiger partial charge in [0.2, 0.25) is 41.4 Å². The molecule has 0 aromatic heterocycles. The van der Waals surface area contributed by atoms with E-state index in [1.807, 2.05) is 5.32 Å². The van der Waals surface area contributed by atoms with Crippen molar-refractivity contribution >= 4 is 53.3 Å². The minimum absolute atomic E-state index is 0.0471. The molecule has 0 aromatic rings. The fraction of sp³-hybridized carbons (Fsp3) is 0.640. The molecule has 0 radical (unpaired) electrons. The van der Waals surface area contributed by atoms with E-state index >= 15 is 0 Å². The van der Waals surface area contributed by atoms with Gasteiger partial charge in [-0.1, -0.05) is 0 Å². The number of nitrogens with zero attached hydrogens (tertiary/aromatic N) is 1. The number of aliphatic imine (C=N–C) groups is 1. The van der Waals surface area contributed by atoms with Gasteiger partial charge in [-0.25, -0.2) is 0 Å². The maximum absolute atomic E-state index is 12.9. The number of carbonyl (C=O) groups excluding carboxylic acids is 7. The molecule has 46 heavy (non-hydrogen) atoms. The number of aliphatic carboxylic acids is 1. The number of guanidine groups is 1. The van der Waals surface area contributed by atoms with Gasteiger partial charge < -0.3 is 64.6 Å². The molecule has 0 aliphatic carbocycles. The van der Waals surface area contributed by atoms with Crippen molar-refractivity contribution in [1.29, 1.82) is 0 Å². The molecular weight excluding hydrogens is 614 g/mol. The summed E-state index contributed by atoms with van der Waals surface area (Å²) in [5.41, 5.74) is 15.8. The Hall–Kier alpha value is -5.05. The number of hydrogen-bond donors (Lipinski definition) is 12. The quantitative estimate of drug-likeness (QED) is 0.0329. The van der Waals surface area contributed by atoms with Crippen molar-refractivity contribution in [3.63, 3.8) is 0 Å². The number of nitrogens with two attached hydrogens (primary N) is 3. The van der Waals surface area contributed by atoms with E-state index in [9.17, 15) is 43.5 Å². The monoisotopic (exact) mass is 659 g/mol. The molecule has 0 rings (SSSR count). The van der Waals surface area contributed by atoms with Gasteiger partial charge >= 0.3 is 5.97 Å². The van der Waals surface area contributed by atoms with Gasteiger partial charge in [-0.05, 0) is 40.5 Å². The number of amides is 7. The Bertz CT molecular complexity index is 1150. The number of carboxylic acids is 1. The first kappa shape index (κ1) is 40.9. The highest BCUT2D eigenvalue weighted by atomic mass is 16.4. The molecule has 0 aliphatic rings. The topological polar surface area (TPSA) is 352 Å². The molecule has 21 nitrogen and oxygen atoms in total. The van der Waals surface area contributed by atoms with Gasteiger partial charge in [-0.2, -0.15) is 0 Å². The lowest BCUT2D eigenvalue weighted by atomic mass is 10.1. The Morgan fingerprint density at radius 3 is 1.50 bits per heavy atom. The zero-order chi connectivity index (χ0) is 35.6. The summed E-state index contributed by atoms with van der Waals surface area (Å²) in [6, 6.07) is -7.34. The molecule has 0 aliphatic heterocycles. The van der Waals surface area contributed by atoms with Gasteiger partial charge in [0.05, 0.1) is 13.2 Å². The maximum Gasteiger partial charge on any atom is 0.322 e. The number of nitrogens with one attached hydrogen (secondary N) is 7. The number of rotatable bonds is 20. The molecule has 0 heterocycles. The second kappa shape index (κ2) is 20.8. The van der Waals surface area contributed by atoms with Crippen LogP contribution in [-0.2, 0) is 38.4 Å². The zero-order valence-corrected chi connectivity index (χ0v) is 26.0. The first-order chi connectivity index (χ1) is 21.4. The first-order valence-corrected chi connectivity index (χ1v) is 14.1. The lowest BCUT2D eigenvalue weighted by Gasteiger charge is -2.24. The van der Waals surface area contributed by atoms with E-state index in [1.54, 1.807) is 0 Å². The second-order valence-electron chi connectivity index (χ2n) is 10.0. The fourth-order valence-corrected chi connectivity index (χ4v) is 3.40. The number of carbonyl (C=O) groups is 8. The Morgan fingerprint density at radius 1 is 0.652 bits per heavy atom. The Kier molecular flexibility index (Phi) is 18.5. The Morgan fingerprint density at radius 2 is 1.09 bits per heavy atom. The van der Waals surface area contributed by atoms with Gasteiger partial charge in [0, 0.05) is 6.54 Å². The third kappa shape index (κ3) is 16.1. The number of hydrogen-bond acceptors (Lipinski definition) is 11. The third-order valence-corrected chi connectivity index (χ3v) is 6.02. The van der Waals surface area contributed by atoms with Crippen molar-refractivity contribution in [3.8, 4) is 0 Å². The molecule has 0 saturated heterocycles. The summed E-state index contributed by atoms with van der Waals surface area (Å²) in [6.45, 7) is 3.46. The minimum atomic E-state index is -1.54. The van der Waals surface area contributed by atoms with Gasteiger partial charge in [0.15, 0.2) is 5.96 Å². The molecule has 15 N–H and O–H groups in total. The molecule has 0 fully saturated rings. The normalized spacial score (nSPS) is 14.4. The summed E-state index contributed by atoms with van der Waals surface area (Å²) in [4.78, 5) is 101. The van der Waals surface area contributed by atoms with Crippen molar-refractivity contribution in [3.05, 3.63) is 0 Å². The number of carboxylic acid groups (broad SMARTS) is 1. The van der Waals surface area contributed by atoms with Crippen molar-refractivity contribution < 1.29 is 48.6 Å². The van der Waals surface area contributed by atoms with Crippen molar-refractivity contribution in [2.45, 2.75) is 76.8 Å². The van der Waals surface area contributed by atoms with E-state index in [4.69, 9.17) is 22.3 Å². The molecule has 0 spiro atoms. The molecular formula is C25H45N11O10. The van der Waals surface area contributed by atoms with Crippen molar-refractivity contribution in [2.75, 3.05) is 26.2 Å². The Labute approximate surface area is 264 Å². The van der Waals surface area contributed by atoms with Crippen LogP contribution in [0, 0.1) is 0 Å². The van der Waals surface area contributed by atoms with Crippen LogP contribution in [0.4, 0.5) is 0 Å². The Balaban J connectivity index is 5.30. The lowest BCUT2D eigenvalue weighted by molar-refractivity contribution is -0.139. The highest BCUT2D eigenvalue weighted by Gasteiger charge is 2.29.